The van der Waals surface area contributed by atoms with Crippen LogP contribution in [0.25, 0.3) is 10.8 Å². The molecule has 0 saturated carbocycles. The molecule has 2 atom stereocenters. The highest BCUT2D eigenvalue weighted by Crippen LogP contribution is 2.33. The van der Waals surface area contributed by atoms with E-state index >= 15 is 0 Å². The SMILES string of the molecule is C=C(CNC(=O)OCC(C)(C)CCC(C)c1cc2ccccc2cc1CC)N1CCC(OC)C1. The Morgan fingerprint density at radius 2 is 1.97 bits per heavy atom. The second-order valence-electron chi connectivity index (χ2n) is 10.4. The average molecular weight is 467 g/mol. The van der Waals surface area contributed by atoms with E-state index in [1.807, 2.05) is 0 Å². The fourth-order valence-corrected chi connectivity index (χ4v) is 4.71. The Bertz CT molecular complexity index is 984. The van der Waals surface area contributed by atoms with Crippen molar-refractivity contribution in [2.45, 2.75) is 65.4 Å². The number of aryl methyl sites for hydroxylation is 1. The van der Waals surface area contributed by atoms with E-state index in [1.54, 1.807) is 7.11 Å². The van der Waals surface area contributed by atoms with Crippen molar-refractivity contribution in [2.75, 3.05) is 33.4 Å². The van der Waals surface area contributed by atoms with Crippen LogP contribution in [0.2, 0.25) is 0 Å². The molecule has 1 amide bonds. The first-order valence-electron chi connectivity index (χ1n) is 12.6. The smallest absolute Gasteiger partial charge is 0.407 e. The number of carbonyl (C=O) groups is 1. The Balaban J connectivity index is 1.45. The fraction of sp³-hybridized carbons (Fsp3) is 0.552. The minimum Gasteiger partial charge on any atom is -0.449 e. The number of amides is 1. The maximum atomic E-state index is 12.3. The number of likely N-dealkylation sites (tertiary alicyclic amines) is 1. The van der Waals surface area contributed by atoms with Gasteiger partial charge in [0.15, 0.2) is 0 Å². The molecular weight excluding hydrogens is 424 g/mol. The molecule has 3 rings (SSSR count). The number of nitrogens with one attached hydrogen (secondary N) is 1. The van der Waals surface area contributed by atoms with Crippen LogP contribution in [-0.2, 0) is 15.9 Å². The topological polar surface area (TPSA) is 50.8 Å². The second-order valence-corrected chi connectivity index (χ2v) is 10.4. The number of hydrogen-bond acceptors (Lipinski definition) is 4. The minimum absolute atomic E-state index is 0.0908. The standard InChI is InChI=1S/C29H42N2O3/c1-7-23-16-24-10-8-9-11-25(24)17-27(23)21(2)12-14-29(4,5)20-34-28(32)30-18-22(3)31-15-13-26(19-31)33-6/h8-11,16-17,21,26H,3,7,12-15,18-20H2,1-2,4-6H3,(H,30,32). The van der Waals surface area contributed by atoms with Crippen molar-refractivity contribution in [1.82, 2.24) is 10.2 Å². The number of carbonyl (C=O) groups excluding carboxylic acids is 1. The molecular formula is C29H42N2O3. The lowest BCUT2D eigenvalue weighted by atomic mass is 9.82. The molecule has 0 bridgehead atoms. The van der Waals surface area contributed by atoms with Gasteiger partial charge in [-0.05, 0) is 58.9 Å². The molecule has 2 aromatic carbocycles. The Morgan fingerprint density at radius 3 is 2.62 bits per heavy atom. The van der Waals surface area contributed by atoms with Crippen molar-refractivity contribution < 1.29 is 14.3 Å². The van der Waals surface area contributed by atoms with Gasteiger partial charge in [0, 0.05) is 25.9 Å². The van der Waals surface area contributed by atoms with E-state index in [9.17, 15) is 4.79 Å². The molecule has 0 aromatic heterocycles. The molecule has 0 aliphatic carbocycles. The van der Waals surface area contributed by atoms with Crippen molar-refractivity contribution in [3.63, 3.8) is 0 Å². The van der Waals surface area contributed by atoms with Gasteiger partial charge in [0.2, 0.25) is 0 Å². The van der Waals surface area contributed by atoms with Gasteiger partial charge in [0.05, 0.1) is 19.3 Å². The highest BCUT2D eigenvalue weighted by atomic mass is 16.5. The third-order valence-electron chi connectivity index (χ3n) is 7.13. The van der Waals surface area contributed by atoms with Crippen molar-refractivity contribution >= 4 is 16.9 Å². The summed E-state index contributed by atoms with van der Waals surface area (Å²) >= 11 is 0. The normalized spacial score (nSPS) is 17.1. The molecule has 0 spiro atoms. The lowest BCUT2D eigenvalue weighted by molar-refractivity contribution is 0.0925. The predicted molar refractivity (Wildman–Crippen MR) is 140 cm³/mol. The van der Waals surface area contributed by atoms with Crippen LogP contribution in [0.1, 0.15) is 64.0 Å². The number of alkyl carbamates (subject to hydrolysis) is 1. The van der Waals surface area contributed by atoms with E-state index in [0.29, 0.717) is 19.1 Å². The van der Waals surface area contributed by atoms with E-state index in [4.69, 9.17) is 9.47 Å². The summed E-state index contributed by atoms with van der Waals surface area (Å²) in [6, 6.07) is 13.3. The molecule has 5 nitrogen and oxygen atoms in total. The molecule has 1 N–H and O–H groups in total. The second kappa shape index (κ2) is 11.7. The van der Waals surface area contributed by atoms with Crippen LogP contribution in [0.5, 0.6) is 0 Å². The highest BCUT2D eigenvalue weighted by molar-refractivity contribution is 5.84. The lowest BCUT2D eigenvalue weighted by Crippen LogP contribution is -2.34. The molecule has 2 unspecified atom stereocenters. The molecule has 5 heteroatoms. The van der Waals surface area contributed by atoms with Crippen LogP contribution in [0.4, 0.5) is 4.79 Å². The molecule has 186 valence electrons. The van der Waals surface area contributed by atoms with Gasteiger partial charge in [-0.2, -0.15) is 0 Å². The van der Waals surface area contributed by atoms with Crippen LogP contribution in [0.15, 0.2) is 48.7 Å². The number of fused-ring (bicyclic) bond motifs is 1. The summed E-state index contributed by atoms with van der Waals surface area (Å²) in [6.45, 7) is 15.5. The summed E-state index contributed by atoms with van der Waals surface area (Å²) in [5.41, 5.74) is 3.67. The predicted octanol–water partition coefficient (Wildman–Crippen LogP) is 6.27. The zero-order valence-electron chi connectivity index (χ0n) is 21.7. The average Bonchev–Trinajstić information content (AvgIpc) is 3.33. The number of nitrogens with zero attached hydrogens (tertiary/aromatic N) is 1. The highest BCUT2D eigenvalue weighted by Gasteiger charge is 2.24. The van der Waals surface area contributed by atoms with Gasteiger partial charge in [0.25, 0.3) is 0 Å². The molecule has 1 aliphatic rings. The third kappa shape index (κ3) is 6.99. The van der Waals surface area contributed by atoms with Crippen molar-refractivity contribution in [2.24, 2.45) is 5.41 Å². The van der Waals surface area contributed by atoms with Crippen molar-refractivity contribution in [3.8, 4) is 0 Å². The Morgan fingerprint density at radius 1 is 1.26 bits per heavy atom. The molecule has 0 radical (unpaired) electrons. The number of benzene rings is 2. The molecule has 2 aromatic rings. The maximum Gasteiger partial charge on any atom is 0.407 e. The van der Waals surface area contributed by atoms with Gasteiger partial charge >= 0.3 is 6.09 Å². The van der Waals surface area contributed by atoms with E-state index in [1.165, 1.54) is 21.9 Å². The van der Waals surface area contributed by atoms with Crippen molar-refractivity contribution in [1.29, 1.82) is 0 Å². The van der Waals surface area contributed by atoms with E-state index in [0.717, 1.165) is 44.5 Å². The Kier molecular flexibility index (Phi) is 9.01. The zero-order chi connectivity index (χ0) is 24.7. The number of methoxy groups -OCH3 is 1. The molecule has 1 saturated heterocycles. The zero-order valence-corrected chi connectivity index (χ0v) is 21.7. The number of hydrogen-bond donors (Lipinski definition) is 1. The number of rotatable bonds is 11. The third-order valence-corrected chi connectivity index (χ3v) is 7.13. The largest absolute Gasteiger partial charge is 0.449 e. The Labute approximate surface area is 205 Å². The molecule has 1 heterocycles. The van der Waals surface area contributed by atoms with Gasteiger partial charge in [0.1, 0.15) is 0 Å². The van der Waals surface area contributed by atoms with Crippen LogP contribution >= 0.6 is 0 Å². The summed E-state index contributed by atoms with van der Waals surface area (Å²) in [5.74, 6) is 0.451. The van der Waals surface area contributed by atoms with Crippen LogP contribution < -0.4 is 5.32 Å². The molecule has 34 heavy (non-hydrogen) atoms. The van der Waals surface area contributed by atoms with Crippen LogP contribution in [0, 0.1) is 5.41 Å². The summed E-state index contributed by atoms with van der Waals surface area (Å²) in [4.78, 5) is 14.4. The van der Waals surface area contributed by atoms with Gasteiger partial charge in [-0.3, -0.25) is 0 Å². The van der Waals surface area contributed by atoms with Crippen LogP contribution in [-0.4, -0.2) is 50.4 Å². The summed E-state index contributed by atoms with van der Waals surface area (Å²) < 4.78 is 11.0. The maximum absolute atomic E-state index is 12.3. The monoisotopic (exact) mass is 466 g/mol. The lowest BCUT2D eigenvalue weighted by Gasteiger charge is -2.27. The van der Waals surface area contributed by atoms with E-state index in [2.05, 4.69) is 80.9 Å². The molecule has 1 aliphatic heterocycles. The van der Waals surface area contributed by atoms with E-state index in [-0.39, 0.29) is 17.6 Å². The van der Waals surface area contributed by atoms with Gasteiger partial charge in [-0.15, -0.1) is 0 Å². The summed E-state index contributed by atoms with van der Waals surface area (Å²) in [7, 11) is 1.74. The van der Waals surface area contributed by atoms with Crippen LogP contribution in [0.3, 0.4) is 0 Å². The number of ether oxygens (including phenoxy) is 2. The summed E-state index contributed by atoms with van der Waals surface area (Å²) in [6.07, 6.45) is 3.92. The first-order chi connectivity index (χ1) is 16.2. The first kappa shape index (κ1) is 26.1. The molecule has 1 fully saturated rings. The minimum atomic E-state index is -0.382. The summed E-state index contributed by atoms with van der Waals surface area (Å²) in [5, 5.41) is 5.45. The van der Waals surface area contributed by atoms with E-state index < -0.39 is 0 Å². The van der Waals surface area contributed by atoms with Gasteiger partial charge < -0.3 is 19.7 Å². The fourth-order valence-electron chi connectivity index (χ4n) is 4.71. The van der Waals surface area contributed by atoms with Gasteiger partial charge in [-0.25, -0.2) is 4.79 Å². The van der Waals surface area contributed by atoms with Crippen molar-refractivity contribution in [3.05, 3.63) is 59.8 Å². The Hall–Kier alpha value is -2.53. The first-order valence-corrected chi connectivity index (χ1v) is 12.6. The quantitative estimate of drug-likeness (QED) is 0.424. The van der Waals surface area contributed by atoms with Gasteiger partial charge in [-0.1, -0.05) is 70.7 Å².